The van der Waals surface area contributed by atoms with Gasteiger partial charge < -0.3 is 10.1 Å². The van der Waals surface area contributed by atoms with Gasteiger partial charge in [0.25, 0.3) is 5.91 Å². The molecule has 0 spiro atoms. The topological polar surface area (TPSA) is 96.1 Å². The summed E-state index contributed by atoms with van der Waals surface area (Å²) in [5.74, 6) is -0.332. The molecule has 3 rings (SSSR count). The van der Waals surface area contributed by atoms with Crippen LogP contribution in [0, 0.1) is 0 Å². The van der Waals surface area contributed by atoms with Crippen LogP contribution < -0.4 is 10.6 Å². The fourth-order valence-electron chi connectivity index (χ4n) is 2.35. The van der Waals surface area contributed by atoms with Crippen molar-refractivity contribution < 1.29 is 14.3 Å². The molecule has 0 unspecified atom stereocenters. The molecule has 2 aromatic carbocycles. The first-order chi connectivity index (χ1) is 13.0. The molecule has 1 heterocycles. The third-order valence-electron chi connectivity index (χ3n) is 3.61. The zero-order valence-electron chi connectivity index (χ0n) is 14.5. The lowest BCUT2D eigenvalue weighted by atomic mass is 10.1. The third-order valence-corrected chi connectivity index (χ3v) is 3.84. The summed E-state index contributed by atoms with van der Waals surface area (Å²) in [4.78, 5) is 23.8. The second kappa shape index (κ2) is 8.37. The summed E-state index contributed by atoms with van der Waals surface area (Å²) < 4.78 is 4.81. The average Bonchev–Trinajstić information content (AvgIpc) is 3.14. The van der Waals surface area contributed by atoms with Gasteiger partial charge in [0.1, 0.15) is 5.69 Å². The molecule has 0 atom stereocenters. The van der Waals surface area contributed by atoms with Crippen LogP contribution >= 0.6 is 11.6 Å². The summed E-state index contributed by atoms with van der Waals surface area (Å²) in [6.45, 7) is 2.02. The highest BCUT2D eigenvalue weighted by Crippen LogP contribution is 2.22. The minimum atomic E-state index is -0.528. The Morgan fingerprint density at radius 3 is 2.44 bits per heavy atom. The van der Waals surface area contributed by atoms with Crippen LogP contribution in [0.25, 0.3) is 11.3 Å². The Morgan fingerprint density at radius 2 is 1.78 bits per heavy atom. The Hall–Kier alpha value is -3.32. The number of aromatic amines is 1. The van der Waals surface area contributed by atoms with Crippen LogP contribution in [-0.2, 0) is 4.74 Å². The summed E-state index contributed by atoms with van der Waals surface area (Å²) in [6.07, 6.45) is -0.528. The van der Waals surface area contributed by atoms with Crippen LogP contribution in [-0.4, -0.2) is 28.8 Å². The SMILES string of the molecule is CCOC(=O)Nc1ccc(NC(=O)c2cc(-c3cccc(Cl)c3)n[nH]2)cc1. The highest BCUT2D eigenvalue weighted by molar-refractivity contribution is 6.30. The van der Waals surface area contributed by atoms with Crippen LogP contribution in [0.5, 0.6) is 0 Å². The van der Waals surface area contributed by atoms with E-state index in [-0.39, 0.29) is 5.91 Å². The number of ether oxygens (including phenoxy) is 1. The molecule has 0 aliphatic carbocycles. The molecular formula is C19H17ClN4O3. The first-order valence-electron chi connectivity index (χ1n) is 8.21. The molecule has 0 saturated carbocycles. The molecule has 1 aromatic heterocycles. The molecule has 27 heavy (non-hydrogen) atoms. The van der Waals surface area contributed by atoms with E-state index >= 15 is 0 Å². The molecular weight excluding hydrogens is 368 g/mol. The smallest absolute Gasteiger partial charge is 0.411 e. The van der Waals surface area contributed by atoms with Crippen molar-refractivity contribution in [3.8, 4) is 11.3 Å². The van der Waals surface area contributed by atoms with Gasteiger partial charge in [0.15, 0.2) is 0 Å². The Balaban J connectivity index is 1.65. The van der Waals surface area contributed by atoms with E-state index in [1.165, 1.54) is 0 Å². The summed E-state index contributed by atoms with van der Waals surface area (Å²) in [6, 6.07) is 15.5. The van der Waals surface area contributed by atoms with E-state index < -0.39 is 6.09 Å². The molecule has 0 bridgehead atoms. The lowest BCUT2D eigenvalue weighted by Gasteiger charge is -2.07. The summed E-state index contributed by atoms with van der Waals surface area (Å²) in [7, 11) is 0. The van der Waals surface area contributed by atoms with E-state index in [4.69, 9.17) is 16.3 Å². The quantitative estimate of drug-likeness (QED) is 0.601. The van der Waals surface area contributed by atoms with Gasteiger partial charge in [-0.3, -0.25) is 15.2 Å². The van der Waals surface area contributed by atoms with Gasteiger partial charge in [-0.2, -0.15) is 5.10 Å². The Kier molecular flexibility index (Phi) is 5.73. The fraction of sp³-hybridized carbons (Fsp3) is 0.105. The van der Waals surface area contributed by atoms with Crippen molar-refractivity contribution in [1.82, 2.24) is 10.2 Å². The predicted octanol–water partition coefficient (Wildman–Crippen LogP) is 4.55. The third kappa shape index (κ3) is 4.86. The van der Waals surface area contributed by atoms with E-state index in [9.17, 15) is 9.59 Å². The summed E-state index contributed by atoms with van der Waals surface area (Å²) in [5.41, 5.74) is 2.90. The maximum atomic E-state index is 12.4. The average molecular weight is 385 g/mol. The number of aromatic nitrogens is 2. The lowest BCUT2D eigenvalue weighted by Crippen LogP contribution is -2.14. The summed E-state index contributed by atoms with van der Waals surface area (Å²) >= 11 is 5.98. The molecule has 0 radical (unpaired) electrons. The number of rotatable bonds is 5. The van der Waals surface area contributed by atoms with Crippen molar-refractivity contribution in [2.24, 2.45) is 0 Å². The van der Waals surface area contributed by atoms with Gasteiger partial charge in [-0.15, -0.1) is 0 Å². The number of hydrogen-bond acceptors (Lipinski definition) is 4. The fourth-order valence-corrected chi connectivity index (χ4v) is 2.54. The highest BCUT2D eigenvalue weighted by atomic mass is 35.5. The number of halogens is 1. The second-order valence-electron chi connectivity index (χ2n) is 5.55. The molecule has 0 aliphatic heterocycles. The van der Waals surface area contributed by atoms with E-state index in [0.717, 1.165) is 5.56 Å². The van der Waals surface area contributed by atoms with Gasteiger partial charge in [-0.1, -0.05) is 23.7 Å². The maximum absolute atomic E-state index is 12.4. The lowest BCUT2D eigenvalue weighted by molar-refractivity contribution is 0.102. The van der Waals surface area contributed by atoms with Gasteiger partial charge in [-0.05, 0) is 49.4 Å². The van der Waals surface area contributed by atoms with Gasteiger partial charge in [-0.25, -0.2) is 4.79 Å². The highest BCUT2D eigenvalue weighted by Gasteiger charge is 2.12. The van der Waals surface area contributed by atoms with Crippen LogP contribution in [0.2, 0.25) is 5.02 Å². The molecule has 7 nitrogen and oxygen atoms in total. The molecule has 3 N–H and O–H groups in total. The number of anilines is 2. The first-order valence-corrected chi connectivity index (χ1v) is 8.59. The van der Waals surface area contributed by atoms with E-state index in [0.29, 0.717) is 34.4 Å². The molecule has 138 valence electrons. The normalized spacial score (nSPS) is 10.3. The number of hydrogen-bond donors (Lipinski definition) is 3. The number of benzene rings is 2. The monoisotopic (exact) mass is 384 g/mol. The van der Waals surface area contributed by atoms with Crippen LogP contribution in [0.15, 0.2) is 54.6 Å². The minimum Gasteiger partial charge on any atom is -0.450 e. The van der Waals surface area contributed by atoms with Crippen LogP contribution in [0.4, 0.5) is 16.2 Å². The Labute approximate surface area is 160 Å². The molecule has 0 fully saturated rings. The van der Waals surface area contributed by atoms with Crippen molar-refractivity contribution in [3.05, 3.63) is 65.3 Å². The molecule has 0 aliphatic rings. The molecule has 0 saturated heterocycles. The first kappa shape index (κ1) is 18.5. The number of H-pyrrole nitrogens is 1. The van der Waals surface area contributed by atoms with Crippen molar-refractivity contribution in [2.75, 3.05) is 17.2 Å². The van der Waals surface area contributed by atoms with Gasteiger partial charge in [0, 0.05) is 22.0 Å². The van der Waals surface area contributed by atoms with E-state index in [1.54, 1.807) is 49.4 Å². The molecule has 8 heteroatoms. The largest absolute Gasteiger partial charge is 0.450 e. The predicted molar refractivity (Wildman–Crippen MR) is 104 cm³/mol. The standard InChI is InChI=1S/C19H17ClN4O3/c1-2-27-19(26)22-15-8-6-14(7-9-15)21-18(25)17-11-16(23-24-17)12-4-3-5-13(20)10-12/h3-11H,2H2,1H3,(H,21,25)(H,22,26)(H,23,24). The Bertz CT molecular complexity index is 954. The van der Waals surface area contributed by atoms with Crippen molar-refractivity contribution in [2.45, 2.75) is 6.92 Å². The number of amides is 2. The summed E-state index contributed by atoms with van der Waals surface area (Å²) in [5, 5.41) is 12.8. The van der Waals surface area contributed by atoms with Crippen molar-refractivity contribution in [1.29, 1.82) is 0 Å². The molecule has 2 amide bonds. The number of nitrogens with one attached hydrogen (secondary N) is 3. The second-order valence-corrected chi connectivity index (χ2v) is 5.99. The van der Waals surface area contributed by atoms with Crippen LogP contribution in [0.1, 0.15) is 17.4 Å². The van der Waals surface area contributed by atoms with E-state index in [2.05, 4.69) is 20.8 Å². The van der Waals surface area contributed by atoms with Gasteiger partial charge in [0.2, 0.25) is 0 Å². The minimum absolute atomic E-state index is 0.293. The zero-order chi connectivity index (χ0) is 19.2. The maximum Gasteiger partial charge on any atom is 0.411 e. The molecule has 3 aromatic rings. The number of carbonyl (C=O) groups is 2. The number of carbonyl (C=O) groups excluding carboxylic acids is 2. The van der Waals surface area contributed by atoms with Gasteiger partial charge >= 0.3 is 6.09 Å². The number of nitrogens with zero attached hydrogens (tertiary/aromatic N) is 1. The van der Waals surface area contributed by atoms with Crippen molar-refractivity contribution >= 4 is 35.0 Å². The zero-order valence-corrected chi connectivity index (χ0v) is 15.2. The van der Waals surface area contributed by atoms with Gasteiger partial charge in [0.05, 0.1) is 12.3 Å². The van der Waals surface area contributed by atoms with Crippen molar-refractivity contribution in [3.63, 3.8) is 0 Å². The van der Waals surface area contributed by atoms with Crippen LogP contribution in [0.3, 0.4) is 0 Å². The van der Waals surface area contributed by atoms with E-state index in [1.807, 2.05) is 12.1 Å². The Morgan fingerprint density at radius 1 is 1.07 bits per heavy atom.